The fourth-order valence-electron chi connectivity index (χ4n) is 2.97. The van der Waals surface area contributed by atoms with Gasteiger partial charge in [-0.05, 0) is 29.8 Å². The van der Waals surface area contributed by atoms with Gasteiger partial charge in [0, 0.05) is 18.8 Å². The SMILES string of the molecule is Cn1cc(-c2ccc(NC(=O)Oc3ccccc3)c(F)c2)c2c(N)ncnc21. The lowest BCUT2D eigenvalue weighted by Gasteiger charge is -2.09. The fourth-order valence-corrected chi connectivity index (χ4v) is 2.97. The van der Waals surface area contributed by atoms with Crippen LogP contribution in [0.2, 0.25) is 0 Å². The second-order valence-electron chi connectivity index (χ2n) is 6.13. The van der Waals surface area contributed by atoms with Crippen LogP contribution in [0.15, 0.2) is 61.1 Å². The number of amides is 1. The van der Waals surface area contributed by atoms with E-state index in [1.54, 1.807) is 47.2 Å². The smallest absolute Gasteiger partial charge is 0.410 e. The van der Waals surface area contributed by atoms with Crippen molar-refractivity contribution in [3.63, 3.8) is 0 Å². The minimum atomic E-state index is -0.777. The summed E-state index contributed by atoms with van der Waals surface area (Å²) in [5.74, 6) is 0.0767. The molecule has 2 aromatic carbocycles. The van der Waals surface area contributed by atoms with Gasteiger partial charge in [-0.15, -0.1) is 0 Å². The number of hydrogen-bond donors (Lipinski definition) is 2. The predicted octanol–water partition coefficient (Wildman–Crippen LogP) is 3.97. The van der Waals surface area contributed by atoms with E-state index < -0.39 is 11.9 Å². The van der Waals surface area contributed by atoms with Crippen molar-refractivity contribution in [2.45, 2.75) is 0 Å². The molecule has 4 aromatic rings. The lowest BCUT2D eigenvalue weighted by atomic mass is 10.1. The third kappa shape index (κ3) is 3.23. The Morgan fingerprint density at radius 3 is 2.71 bits per heavy atom. The molecule has 0 aliphatic carbocycles. The summed E-state index contributed by atoms with van der Waals surface area (Å²) in [7, 11) is 1.82. The number of anilines is 2. The molecule has 2 heterocycles. The van der Waals surface area contributed by atoms with Crippen molar-refractivity contribution in [1.29, 1.82) is 0 Å². The van der Waals surface area contributed by atoms with Crippen LogP contribution in [0.1, 0.15) is 0 Å². The van der Waals surface area contributed by atoms with Crippen LogP contribution in [0.4, 0.5) is 20.7 Å². The first-order chi connectivity index (χ1) is 13.5. The zero-order chi connectivity index (χ0) is 19.7. The van der Waals surface area contributed by atoms with Gasteiger partial charge in [-0.2, -0.15) is 0 Å². The minimum absolute atomic E-state index is 0.00846. The predicted molar refractivity (Wildman–Crippen MR) is 104 cm³/mol. The average molecular weight is 377 g/mol. The summed E-state index contributed by atoms with van der Waals surface area (Å²) in [4.78, 5) is 20.2. The van der Waals surface area contributed by atoms with Crippen molar-refractivity contribution < 1.29 is 13.9 Å². The maximum Gasteiger partial charge on any atom is 0.417 e. The molecule has 2 aromatic heterocycles. The average Bonchev–Trinajstić information content (AvgIpc) is 3.02. The number of ether oxygens (including phenoxy) is 1. The molecule has 3 N–H and O–H groups in total. The van der Waals surface area contributed by atoms with Crippen molar-refractivity contribution >= 4 is 28.6 Å². The molecule has 0 saturated heterocycles. The number of nitrogens with two attached hydrogens (primary N) is 1. The van der Waals surface area contributed by atoms with Gasteiger partial charge in [-0.25, -0.2) is 19.2 Å². The summed E-state index contributed by atoms with van der Waals surface area (Å²) in [6.07, 6.45) is 2.41. The van der Waals surface area contributed by atoms with E-state index in [-0.39, 0.29) is 5.69 Å². The summed E-state index contributed by atoms with van der Waals surface area (Å²) >= 11 is 0. The number of fused-ring (bicyclic) bond motifs is 1. The Labute approximate surface area is 159 Å². The molecule has 0 unspecified atom stereocenters. The van der Waals surface area contributed by atoms with E-state index in [9.17, 15) is 9.18 Å². The number of halogens is 1. The van der Waals surface area contributed by atoms with Gasteiger partial charge in [-0.3, -0.25) is 5.32 Å². The molecule has 0 fully saturated rings. The first-order valence-electron chi connectivity index (χ1n) is 8.42. The van der Waals surface area contributed by atoms with E-state index in [0.29, 0.717) is 33.7 Å². The van der Waals surface area contributed by atoms with Gasteiger partial charge in [0.2, 0.25) is 0 Å². The third-order valence-electron chi connectivity index (χ3n) is 4.25. The van der Waals surface area contributed by atoms with Crippen LogP contribution in [0.3, 0.4) is 0 Å². The Hall–Kier alpha value is -3.94. The quantitative estimate of drug-likeness (QED) is 0.563. The lowest BCUT2D eigenvalue weighted by molar-refractivity contribution is 0.215. The Bertz CT molecular complexity index is 1170. The fraction of sp³-hybridized carbons (Fsp3) is 0.0500. The van der Waals surface area contributed by atoms with Gasteiger partial charge in [-0.1, -0.05) is 24.3 Å². The van der Waals surface area contributed by atoms with Crippen molar-refractivity contribution in [3.8, 4) is 16.9 Å². The second-order valence-corrected chi connectivity index (χ2v) is 6.13. The highest BCUT2D eigenvalue weighted by Gasteiger charge is 2.16. The summed E-state index contributed by atoms with van der Waals surface area (Å²) in [5.41, 5.74) is 7.93. The number of aromatic nitrogens is 3. The molecular weight excluding hydrogens is 361 g/mol. The van der Waals surface area contributed by atoms with Crippen LogP contribution >= 0.6 is 0 Å². The number of hydrogen-bond acceptors (Lipinski definition) is 5. The molecule has 0 saturated carbocycles. The minimum Gasteiger partial charge on any atom is -0.410 e. The number of carbonyl (C=O) groups is 1. The number of nitrogens with zero attached hydrogens (tertiary/aromatic N) is 3. The van der Waals surface area contributed by atoms with E-state index in [2.05, 4.69) is 15.3 Å². The molecule has 0 radical (unpaired) electrons. The van der Waals surface area contributed by atoms with E-state index >= 15 is 0 Å². The third-order valence-corrected chi connectivity index (χ3v) is 4.25. The Morgan fingerprint density at radius 1 is 1.18 bits per heavy atom. The van der Waals surface area contributed by atoms with E-state index in [4.69, 9.17) is 10.5 Å². The monoisotopic (exact) mass is 377 g/mol. The van der Waals surface area contributed by atoms with Crippen LogP contribution in [-0.4, -0.2) is 20.6 Å². The topological polar surface area (TPSA) is 95.1 Å². The Morgan fingerprint density at radius 2 is 1.96 bits per heavy atom. The number of rotatable bonds is 3. The largest absolute Gasteiger partial charge is 0.417 e. The lowest BCUT2D eigenvalue weighted by Crippen LogP contribution is -2.17. The molecule has 4 rings (SSSR count). The first-order valence-corrected chi connectivity index (χ1v) is 8.42. The zero-order valence-corrected chi connectivity index (χ0v) is 14.9. The first kappa shape index (κ1) is 17.5. The van der Waals surface area contributed by atoms with Gasteiger partial charge in [0.15, 0.2) is 0 Å². The molecule has 1 amide bonds. The highest BCUT2D eigenvalue weighted by molar-refractivity contribution is 6.00. The highest BCUT2D eigenvalue weighted by Crippen LogP contribution is 2.33. The van der Waals surface area contributed by atoms with Crippen LogP contribution < -0.4 is 15.8 Å². The zero-order valence-electron chi connectivity index (χ0n) is 14.9. The number of carbonyl (C=O) groups excluding carboxylic acids is 1. The maximum atomic E-state index is 14.6. The summed E-state index contributed by atoms with van der Waals surface area (Å²) in [6.45, 7) is 0. The molecule has 0 bridgehead atoms. The standard InChI is InChI=1S/C20H16FN5O2/c1-26-10-14(17-18(22)23-11-24-19(17)26)12-7-8-16(15(21)9-12)25-20(27)28-13-5-3-2-4-6-13/h2-11H,1H3,(H,25,27)(H2,22,23,24). The summed E-state index contributed by atoms with van der Waals surface area (Å²) < 4.78 is 21.5. The van der Waals surface area contributed by atoms with E-state index in [0.717, 1.165) is 0 Å². The molecule has 140 valence electrons. The van der Waals surface area contributed by atoms with Gasteiger partial charge in [0.1, 0.15) is 29.4 Å². The number of benzene rings is 2. The Balaban J connectivity index is 1.61. The van der Waals surface area contributed by atoms with E-state index in [1.807, 2.05) is 7.05 Å². The number of aryl methyl sites for hydroxylation is 1. The normalized spacial score (nSPS) is 10.8. The molecule has 0 aliphatic heterocycles. The van der Waals surface area contributed by atoms with Gasteiger partial charge >= 0.3 is 6.09 Å². The van der Waals surface area contributed by atoms with Gasteiger partial charge in [0.25, 0.3) is 0 Å². The van der Waals surface area contributed by atoms with Crippen LogP contribution in [0.25, 0.3) is 22.2 Å². The van der Waals surface area contributed by atoms with Crippen molar-refractivity contribution in [1.82, 2.24) is 14.5 Å². The van der Waals surface area contributed by atoms with Crippen molar-refractivity contribution in [3.05, 3.63) is 66.9 Å². The number of nitrogen functional groups attached to an aromatic ring is 1. The van der Waals surface area contributed by atoms with Crippen molar-refractivity contribution in [2.24, 2.45) is 7.05 Å². The molecule has 7 nitrogen and oxygen atoms in total. The molecule has 0 atom stereocenters. The second kappa shape index (κ2) is 6.99. The molecule has 0 spiro atoms. The van der Waals surface area contributed by atoms with Crippen LogP contribution in [-0.2, 0) is 7.05 Å². The molecule has 0 aliphatic rings. The molecular formula is C20H16FN5O2. The maximum absolute atomic E-state index is 14.6. The van der Waals surface area contributed by atoms with Gasteiger partial charge < -0.3 is 15.0 Å². The molecule has 8 heteroatoms. The number of nitrogens with one attached hydrogen (secondary N) is 1. The van der Waals surface area contributed by atoms with Gasteiger partial charge in [0.05, 0.1) is 11.1 Å². The van der Waals surface area contributed by atoms with Crippen molar-refractivity contribution in [2.75, 3.05) is 11.1 Å². The highest BCUT2D eigenvalue weighted by atomic mass is 19.1. The number of para-hydroxylation sites is 1. The van der Waals surface area contributed by atoms with Crippen LogP contribution in [0, 0.1) is 5.82 Å². The summed E-state index contributed by atoms with van der Waals surface area (Å²) in [6, 6.07) is 13.0. The Kier molecular flexibility index (Phi) is 4.36. The summed E-state index contributed by atoms with van der Waals surface area (Å²) in [5, 5.41) is 3.05. The van der Waals surface area contributed by atoms with Crippen LogP contribution in [0.5, 0.6) is 5.75 Å². The van der Waals surface area contributed by atoms with E-state index in [1.165, 1.54) is 18.5 Å². The molecule has 28 heavy (non-hydrogen) atoms.